The third-order valence-corrected chi connectivity index (χ3v) is 3.39. The SMILES string of the molecule is CN(C)CCNC(=O)[C@@H]1CC(c2c(F)cccc2Cl)=NO1. The Kier molecular flexibility index (Phi) is 5.14. The van der Waals surface area contributed by atoms with E-state index in [1.165, 1.54) is 12.1 Å². The second kappa shape index (κ2) is 6.87. The Morgan fingerprint density at radius 3 is 3.00 bits per heavy atom. The van der Waals surface area contributed by atoms with E-state index in [9.17, 15) is 9.18 Å². The Morgan fingerprint density at radius 2 is 2.33 bits per heavy atom. The van der Waals surface area contributed by atoms with E-state index >= 15 is 0 Å². The quantitative estimate of drug-likeness (QED) is 0.899. The largest absolute Gasteiger partial charge is 0.382 e. The first-order chi connectivity index (χ1) is 9.99. The van der Waals surface area contributed by atoms with E-state index in [4.69, 9.17) is 16.4 Å². The van der Waals surface area contributed by atoms with Crippen LogP contribution in [0.3, 0.4) is 0 Å². The van der Waals surface area contributed by atoms with Crippen molar-refractivity contribution in [3.8, 4) is 0 Å². The van der Waals surface area contributed by atoms with Crippen LogP contribution in [0.2, 0.25) is 5.02 Å². The number of amides is 1. The van der Waals surface area contributed by atoms with Crippen molar-refractivity contribution < 1.29 is 14.0 Å². The fourth-order valence-corrected chi connectivity index (χ4v) is 2.23. The molecule has 2 rings (SSSR count). The van der Waals surface area contributed by atoms with E-state index in [-0.39, 0.29) is 22.9 Å². The maximum atomic E-state index is 13.8. The van der Waals surface area contributed by atoms with Crippen molar-refractivity contribution in [3.05, 3.63) is 34.6 Å². The minimum atomic E-state index is -0.738. The molecule has 1 N–H and O–H groups in total. The molecule has 1 atom stereocenters. The van der Waals surface area contributed by atoms with Crippen LogP contribution >= 0.6 is 11.6 Å². The van der Waals surface area contributed by atoms with E-state index in [2.05, 4.69) is 10.5 Å². The predicted molar refractivity (Wildman–Crippen MR) is 79.0 cm³/mol. The first-order valence-electron chi connectivity index (χ1n) is 6.58. The highest BCUT2D eigenvalue weighted by atomic mass is 35.5. The zero-order valence-electron chi connectivity index (χ0n) is 11.9. The number of hydrogen-bond donors (Lipinski definition) is 1. The summed E-state index contributed by atoms with van der Waals surface area (Å²) >= 11 is 5.97. The van der Waals surface area contributed by atoms with Crippen LogP contribution in [0.5, 0.6) is 0 Å². The number of hydrogen-bond acceptors (Lipinski definition) is 4. The molecule has 0 fully saturated rings. The summed E-state index contributed by atoms with van der Waals surface area (Å²) in [6.45, 7) is 1.24. The molecule has 5 nitrogen and oxygen atoms in total. The van der Waals surface area contributed by atoms with Crippen molar-refractivity contribution in [3.63, 3.8) is 0 Å². The first kappa shape index (κ1) is 15.7. The number of nitrogens with one attached hydrogen (secondary N) is 1. The van der Waals surface area contributed by atoms with Gasteiger partial charge in [0.15, 0.2) is 0 Å². The highest BCUT2D eigenvalue weighted by Gasteiger charge is 2.30. The van der Waals surface area contributed by atoms with Crippen LogP contribution in [0.15, 0.2) is 23.4 Å². The molecule has 7 heteroatoms. The maximum absolute atomic E-state index is 13.8. The molecule has 1 aliphatic rings. The average molecular weight is 314 g/mol. The van der Waals surface area contributed by atoms with Gasteiger partial charge in [0, 0.05) is 19.5 Å². The minimum Gasteiger partial charge on any atom is -0.382 e. The van der Waals surface area contributed by atoms with E-state index in [0.29, 0.717) is 12.3 Å². The van der Waals surface area contributed by atoms with Crippen molar-refractivity contribution in [1.82, 2.24) is 10.2 Å². The van der Waals surface area contributed by atoms with Crippen LogP contribution in [0.1, 0.15) is 12.0 Å². The van der Waals surface area contributed by atoms with Crippen molar-refractivity contribution in [1.29, 1.82) is 0 Å². The Morgan fingerprint density at radius 1 is 1.57 bits per heavy atom. The van der Waals surface area contributed by atoms with Crippen LogP contribution in [-0.2, 0) is 9.63 Å². The zero-order valence-corrected chi connectivity index (χ0v) is 12.7. The maximum Gasteiger partial charge on any atom is 0.264 e. The third-order valence-electron chi connectivity index (χ3n) is 3.07. The molecule has 0 unspecified atom stereocenters. The van der Waals surface area contributed by atoms with Crippen LogP contribution in [0, 0.1) is 5.82 Å². The molecule has 0 bridgehead atoms. The molecule has 0 aliphatic carbocycles. The minimum absolute atomic E-state index is 0.197. The molecule has 1 amide bonds. The van der Waals surface area contributed by atoms with Gasteiger partial charge in [-0.1, -0.05) is 22.8 Å². The summed E-state index contributed by atoms with van der Waals surface area (Å²) in [7, 11) is 3.83. The van der Waals surface area contributed by atoms with Gasteiger partial charge in [-0.15, -0.1) is 0 Å². The number of likely N-dealkylation sites (N-methyl/N-ethyl adjacent to an activating group) is 1. The van der Waals surface area contributed by atoms with Gasteiger partial charge in [0.2, 0.25) is 6.10 Å². The number of halogens is 2. The number of oxime groups is 1. The van der Waals surface area contributed by atoms with E-state index in [0.717, 1.165) is 6.54 Å². The van der Waals surface area contributed by atoms with Crippen molar-refractivity contribution in [2.24, 2.45) is 5.16 Å². The summed E-state index contributed by atoms with van der Waals surface area (Å²) in [5, 5.41) is 6.80. The normalized spacial score (nSPS) is 17.6. The second-order valence-corrected chi connectivity index (χ2v) is 5.43. The van der Waals surface area contributed by atoms with Crippen LogP contribution in [-0.4, -0.2) is 49.8 Å². The van der Waals surface area contributed by atoms with Gasteiger partial charge in [-0.3, -0.25) is 4.79 Å². The lowest BCUT2D eigenvalue weighted by atomic mass is 10.0. The molecular formula is C14H17ClFN3O2. The van der Waals surface area contributed by atoms with Gasteiger partial charge in [-0.05, 0) is 26.2 Å². The predicted octanol–water partition coefficient (Wildman–Crippen LogP) is 1.65. The molecular weight excluding hydrogens is 297 g/mol. The number of benzene rings is 1. The summed E-state index contributed by atoms with van der Waals surface area (Å²) < 4.78 is 13.8. The van der Waals surface area contributed by atoms with Crippen molar-refractivity contribution in [2.45, 2.75) is 12.5 Å². The Labute approximate surface area is 127 Å². The van der Waals surface area contributed by atoms with E-state index in [1.54, 1.807) is 6.07 Å². The molecule has 114 valence electrons. The van der Waals surface area contributed by atoms with Gasteiger partial charge in [0.25, 0.3) is 5.91 Å². The Balaban J connectivity index is 1.95. The molecule has 1 aliphatic heterocycles. The summed E-state index contributed by atoms with van der Waals surface area (Å²) in [6.07, 6.45) is -0.535. The van der Waals surface area contributed by atoms with Crippen molar-refractivity contribution in [2.75, 3.05) is 27.2 Å². The Bertz CT molecular complexity index is 543. The molecule has 0 spiro atoms. The van der Waals surface area contributed by atoms with Gasteiger partial charge < -0.3 is 15.1 Å². The fourth-order valence-electron chi connectivity index (χ4n) is 1.96. The highest BCUT2D eigenvalue weighted by molar-refractivity contribution is 6.34. The summed E-state index contributed by atoms with van der Waals surface area (Å²) in [4.78, 5) is 19.0. The Hall–Kier alpha value is -1.66. The van der Waals surface area contributed by atoms with E-state index in [1.807, 2.05) is 19.0 Å². The summed E-state index contributed by atoms with van der Waals surface area (Å²) in [5.74, 6) is -0.735. The lowest BCUT2D eigenvalue weighted by Gasteiger charge is -2.12. The van der Waals surface area contributed by atoms with Gasteiger partial charge >= 0.3 is 0 Å². The van der Waals surface area contributed by atoms with Crippen LogP contribution in [0.4, 0.5) is 4.39 Å². The summed E-state index contributed by atoms with van der Waals surface area (Å²) in [5.41, 5.74) is 0.550. The molecule has 1 aromatic carbocycles. The summed E-state index contributed by atoms with van der Waals surface area (Å²) in [6, 6.07) is 4.39. The average Bonchev–Trinajstić information content (AvgIpc) is 2.87. The zero-order chi connectivity index (χ0) is 15.4. The van der Waals surface area contributed by atoms with Gasteiger partial charge in [-0.2, -0.15) is 0 Å². The third kappa shape index (κ3) is 3.92. The smallest absolute Gasteiger partial charge is 0.264 e. The van der Waals surface area contributed by atoms with Crippen LogP contribution < -0.4 is 5.32 Å². The molecule has 0 saturated heterocycles. The number of carbonyl (C=O) groups is 1. The first-order valence-corrected chi connectivity index (χ1v) is 6.96. The molecule has 21 heavy (non-hydrogen) atoms. The molecule has 1 aromatic rings. The lowest BCUT2D eigenvalue weighted by Crippen LogP contribution is -2.38. The second-order valence-electron chi connectivity index (χ2n) is 5.03. The van der Waals surface area contributed by atoms with Gasteiger partial charge in [0.1, 0.15) is 5.82 Å². The molecule has 0 aromatic heterocycles. The van der Waals surface area contributed by atoms with Gasteiger partial charge in [-0.25, -0.2) is 4.39 Å². The van der Waals surface area contributed by atoms with Gasteiger partial charge in [0.05, 0.1) is 16.3 Å². The number of carbonyl (C=O) groups excluding carboxylic acids is 1. The highest BCUT2D eigenvalue weighted by Crippen LogP contribution is 2.25. The van der Waals surface area contributed by atoms with E-state index < -0.39 is 11.9 Å². The topological polar surface area (TPSA) is 53.9 Å². The standard InChI is InChI=1S/C14H17ClFN3O2/c1-19(2)7-6-17-14(20)12-8-11(18-21-12)13-9(15)4-3-5-10(13)16/h3-5,12H,6-8H2,1-2H3,(H,17,20)/t12-/m0/s1. The monoisotopic (exact) mass is 313 g/mol. The van der Waals surface area contributed by atoms with Crippen molar-refractivity contribution >= 4 is 23.2 Å². The van der Waals surface area contributed by atoms with Crippen LogP contribution in [0.25, 0.3) is 0 Å². The fraction of sp³-hybridized carbons (Fsp3) is 0.429. The molecule has 0 saturated carbocycles. The number of nitrogens with zero attached hydrogens (tertiary/aromatic N) is 2. The molecule has 0 radical (unpaired) electrons. The lowest BCUT2D eigenvalue weighted by molar-refractivity contribution is -0.131. The molecule has 1 heterocycles. The number of rotatable bonds is 5.